The standard InChI is InChI=1S/C20H25FN2O2S/c21-16-6-8-17(9-7-16)23-18(24)14-26-20(23)10-12-22(13-11-20)19(25)15-4-2-1-3-5-15/h6-9,15H,1-5,10-14H2. The Balaban J connectivity index is 1.47. The molecule has 0 unspecified atom stereocenters. The smallest absolute Gasteiger partial charge is 0.238 e. The molecule has 0 atom stereocenters. The number of piperidine rings is 1. The molecule has 1 saturated carbocycles. The zero-order valence-electron chi connectivity index (χ0n) is 15.0. The monoisotopic (exact) mass is 376 g/mol. The molecule has 140 valence electrons. The van der Waals surface area contributed by atoms with Crippen LogP contribution in [-0.4, -0.2) is 40.4 Å². The van der Waals surface area contributed by atoms with E-state index in [0.29, 0.717) is 24.7 Å². The Bertz CT molecular complexity index is 680. The van der Waals surface area contributed by atoms with Crippen LogP contribution in [0.15, 0.2) is 24.3 Å². The highest BCUT2D eigenvalue weighted by atomic mass is 32.2. The van der Waals surface area contributed by atoms with Gasteiger partial charge in [0.15, 0.2) is 0 Å². The first kappa shape index (κ1) is 17.8. The lowest BCUT2D eigenvalue weighted by molar-refractivity contribution is -0.137. The third-order valence-electron chi connectivity index (χ3n) is 6.02. The lowest BCUT2D eigenvalue weighted by Gasteiger charge is -2.44. The molecule has 3 aliphatic rings. The van der Waals surface area contributed by atoms with E-state index in [9.17, 15) is 14.0 Å². The molecule has 3 fully saturated rings. The predicted octanol–water partition coefficient (Wildman–Crippen LogP) is 3.80. The van der Waals surface area contributed by atoms with E-state index < -0.39 is 0 Å². The highest BCUT2D eigenvalue weighted by molar-refractivity contribution is 8.02. The fraction of sp³-hybridized carbons (Fsp3) is 0.600. The predicted molar refractivity (Wildman–Crippen MR) is 101 cm³/mol. The largest absolute Gasteiger partial charge is 0.342 e. The van der Waals surface area contributed by atoms with E-state index in [4.69, 9.17) is 0 Å². The highest BCUT2D eigenvalue weighted by Crippen LogP contribution is 2.47. The van der Waals surface area contributed by atoms with Gasteiger partial charge in [0.2, 0.25) is 11.8 Å². The molecule has 0 aromatic heterocycles. The average Bonchev–Trinajstić information content (AvgIpc) is 2.99. The maximum absolute atomic E-state index is 13.3. The van der Waals surface area contributed by atoms with E-state index in [-0.39, 0.29) is 22.5 Å². The number of amides is 2. The lowest BCUT2D eigenvalue weighted by Crippen LogP contribution is -2.54. The number of hydrogen-bond donors (Lipinski definition) is 0. The van der Waals surface area contributed by atoms with Crippen molar-refractivity contribution in [1.82, 2.24) is 4.90 Å². The van der Waals surface area contributed by atoms with Crippen LogP contribution in [0.4, 0.5) is 10.1 Å². The minimum Gasteiger partial charge on any atom is -0.342 e. The number of nitrogens with zero attached hydrogens (tertiary/aromatic N) is 2. The van der Waals surface area contributed by atoms with Gasteiger partial charge in [0.25, 0.3) is 0 Å². The van der Waals surface area contributed by atoms with Crippen molar-refractivity contribution < 1.29 is 14.0 Å². The van der Waals surface area contributed by atoms with Crippen molar-refractivity contribution in [1.29, 1.82) is 0 Å². The highest BCUT2D eigenvalue weighted by Gasteiger charge is 2.49. The van der Waals surface area contributed by atoms with Gasteiger partial charge in [-0.1, -0.05) is 19.3 Å². The second-order valence-corrected chi connectivity index (χ2v) is 8.94. The molecule has 1 aliphatic carbocycles. The Hall–Kier alpha value is -1.56. The van der Waals surface area contributed by atoms with Gasteiger partial charge in [-0.15, -0.1) is 11.8 Å². The van der Waals surface area contributed by atoms with E-state index in [0.717, 1.165) is 44.2 Å². The summed E-state index contributed by atoms with van der Waals surface area (Å²) in [4.78, 5) is 28.9. The zero-order chi connectivity index (χ0) is 18.1. The minimum absolute atomic E-state index is 0.0775. The number of anilines is 1. The van der Waals surface area contributed by atoms with Crippen LogP contribution >= 0.6 is 11.8 Å². The molecule has 26 heavy (non-hydrogen) atoms. The number of likely N-dealkylation sites (tertiary alicyclic amines) is 1. The molecule has 0 N–H and O–H groups in total. The molecule has 6 heteroatoms. The van der Waals surface area contributed by atoms with Crippen molar-refractivity contribution in [3.63, 3.8) is 0 Å². The number of thioether (sulfide) groups is 1. The number of carbonyl (C=O) groups is 2. The summed E-state index contributed by atoms with van der Waals surface area (Å²) in [6.45, 7) is 1.40. The van der Waals surface area contributed by atoms with Crippen molar-refractivity contribution in [2.75, 3.05) is 23.7 Å². The van der Waals surface area contributed by atoms with E-state index in [1.54, 1.807) is 23.9 Å². The van der Waals surface area contributed by atoms with Crippen molar-refractivity contribution >= 4 is 29.3 Å². The first-order chi connectivity index (χ1) is 12.6. The zero-order valence-corrected chi connectivity index (χ0v) is 15.8. The van der Waals surface area contributed by atoms with E-state index >= 15 is 0 Å². The van der Waals surface area contributed by atoms with E-state index in [2.05, 4.69) is 0 Å². The summed E-state index contributed by atoms with van der Waals surface area (Å²) in [6, 6.07) is 6.17. The lowest BCUT2D eigenvalue weighted by atomic mass is 9.87. The molecule has 2 aliphatic heterocycles. The Morgan fingerprint density at radius 2 is 1.73 bits per heavy atom. The maximum Gasteiger partial charge on any atom is 0.238 e. The molecule has 1 aromatic carbocycles. The van der Waals surface area contributed by atoms with E-state index in [1.165, 1.54) is 18.6 Å². The fourth-order valence-electron chi connectivity index (χ4n) is 4.57. The number of rotatable bonds is 2. The quantitative estimate of drug-likeness (QED) is 0.788. The molecule has 4 nitrogen and oxygen atoms in total. The van der Waals surface area contributed by atoms with Crippen LogP contribution in [0, 0.1) is 11.7 Å². The third kappa shape index (κ3) is 3.24. The summed E-state index contributed by atoms with van der Waals surface area (Å²) in [5.74, 6) is 0.739. The van der Waals surface area contributed by atoms with Crippen LogP contribution in [0.1, 0.15) is 44.9 Å². The maximum atomic E-state index is 13.3. The molecular weight excluding hydrogens is 351 g/mol. The van der Waals surface area contributed by atoms with Crippen LogP contribution in [-0.2, 0) is 9.59 Å². The number of carbonyl (C=O) groups excluding carboxylic acids is 2. The van der Waals surface area contributed by atoms with Crippen LogP contribution in [0.25, 0.3) is 0 Å². The van der Waals surface area contributed by atoms with Crippen molar-refractivity contribution in [2.24, 2.45) is 5.92 Å². The first-order valence-corrected chi connectivity index (χ1v) is 10.6. The topological polar surface area (TPSA) is 40.6 Å². The van der Waals surface area contributed by atoms with Gasteiger partial charge in [-0.3, -0.25) is 14.5 Å². The number of benzene rings is 1. The van der Waals surface area contributed by atoms with E-state index in [1.807, 2.05) is 9.80 Å². The second kappa shape index (κ2) is 7.22. The van der Waals surface area contributed by atoms with Crippen molar-refractivity contribution in [3.8, 4) is 0 Å². The Morgan fingerprint density at radius 1 is 1.08 bits per heavy atom. The molecule has 1 spiro atoms. The van der Waals surface area contributed by atoms with Gasteiger partial charge >= 0.3 is 0 Å². The molecule has 4 rings (SSSR count). The number of hydrogen-bond acceptors (Lipinski definition) is 3. The van der Waals surface area contributed by atoms with Gasteiger partial charge in [-0.25, -0.2) is 4.39 Å². The van der Waals surface area contributed by atoms with Crippen molar-refractivity contribution in [3.05, 3.63) is 30.1 Å². The van der Waals surface area contributed by atoms with Gasteiger partial charge in [-0.05, 0) is 49.9 Å². The molecule has 2 saturated heterocycles. The molecule has 1 aromatic rings. The normalized spacial score (nSPS) is 23.7. The third-order valence-corrected chi connectivity index (χ3v) is 7.54. The molecule has 2 amide bonds. The van der Waals surface area contributed by atoms with Crippen LogP contribution in [0.2, 0.25) is 0 Å². The summed E-state index contributed by atoms with van der Waals surface area (Å²) < 4.78 is 13.3. The summed E-state index contributed by atoms with van der Waals surface area (Å²) >= 11 is 1.67. The van der Waals surface area contributed by atoms with Crippen LogP contribution in [0.5, 0.6) is 0 Å². The number of halogens is 1. The molecular formula is C20H25FN2O2S. The molecule has 0 bridgehead atoms. The van der Waals surface area contributed by atoms with Gasteiger partial charge in [0, 0.05) is 24.7 Å². The Labute approximate surface area is 158 Å². The molecule has 0 radical (unpaired) electrons. The summed E-state index contributed by atoms with van der Waals surface area (Å²) in [6.07, 6.45) is 7.18. The minimum atomic E-state index is -0.296. The van der Waals surface area contributed by atoms with Gasteiger partial charge in [0.05, 0.1) is 10.6 Å². The first-order valence-electron chi connectivity index (χ1n) is 9.60. The van der Waals surface area contributed by atoms with Gasteiger partial charge < -0.3 is 4.90 Å². The van der Waals surface area contributed by atoms with Gasteiger partial charge in [0.1, 0.15) is 5.82 Å². The Morgan fingerprint density at radius 3 is 2.38 bits per heavy atom. The second-order valence-electron chi connectivity index (χ2n) is 7.60. The average molecular weight is 376 g/mol. The summed E-state index contributed by atoms with van der Waals surface area (Å²) in [5, 5.41) is 0. The molecule has 2 heterocycles. The summed E-state index contributed by atoms with van der Waals surface area (Å²) in [7, 11) is 0. The Kier molecular flexibility index (Phi) is 4.95. The SMILES string of the molecule is O=C(C1CCCCC1)N1CCC2(CC1)SCC(=O)N2c1ccc(F)cc1. The van der Waals surface area contributed by atoms with Crippen LogP contribution in [0.3, 0.4) is 0 Å². The van der Waals surface area contributed by atoms with Crippen LogP contribution < -0.4 is 4.90 Å². The van der Waals surface area contributed by atoms with Crippen molar-refractivity contribution in [2.45, 2.75) is 49.8 Å². The fourth-order valence-corrected chi connectivity index (χ4v) is 5.90. The summed E-state index contributed by atoms with van der Waals surface area (Å²) in [5.41, 5.74) is 0.758. The van der Waals surface area contributed by atoms with Gasteiger partial charge in [-0.2, -0.15) is 0 Å².